The monoisotopic (exact) mass is 890 g/mol. The number of benzene rings is 2. The molecule has 19 heteroatoms. The Balaban J connectivity index is 0.000000265. The van der Waals surface area contributed by atoms with E-state index in [1.54, 1.807) is 9.80 Å². The molecule has 330 valence electrons. The molecule has 2 fully saturated rings. The van der Waals surface area contributed by atoms with Crippen LogP contribution in [-0.4, -0.2) is 101 Å². The Morgan fingerprint density at radius 1 is 0.721 bits per heavy atom. The number of anilines is 2. The van der Waals surface area contributed by atoms with Gasteiger partial charge in [-0.2, -0.15) is 0 Å². The number of aryl methyl sites for hydroxylation is 2. The topological polar surface area (TPSA) is 158 Å². The van der Waals surface area contributed by atoms with Crippen molar-refractivity contribution in [3.8, 4) is 0 Å². The SMILES string of the molecule is CNc1nc(CNCC2(F)CCN(C(=O)c3ccc([18F])c(Cl)c3)CC2)ccc1C.CNc1nc(CNCC2(F)CCN(C(=O)c3ccc([N+](=O)[O-])c(Cl)c3)CC2)ccc1C.F. The van der Waals surface area contributed by atoms with Crippen LogP contribution in [0.3, 0.4) is 0 Å². The summed E-state index contributed by atoms with van der Waals surface area (Å²) in [5, 5.41) is 23.0. The Labute approximate surface area is 362 Å². The van der Waals surface area contributed by atoms with Crippen LogP contribution in [-0.2, 0) is 13.1 Å². The highest BCUT2D eigenvalue weighted by atomic mass is 35.5. The highest BCUT2D eigenvalue weighted by molar-refractivity contribution is 6.33. The molecule has 2 saturated heterocycles. The van der Waals surface area contributed by atoms with Crippen LogP contribution in [0.15, 0.2) is 60.7 Å². The zero-order valence-electron chi connectivity index (χ0n) is 34.4. The van der Waals surface area contributed by atoms with Crippen LogP contribution >= 0.6 is 23.2 Å². The van der Waals surface area contributed by atoms with Gasteiger partial charge in [0.25, 0.3) is 17.5 Å². The minimum Gasteiger partial charge on any atom is -0.373 e. The average molecular weight is 892 g/mol. The molecule has 2 aliphatic rings. The maximum atomic E-state index is 15.2. The number of likely N-dealkylation sites (tertiary alicyclic amines) is 2. The van der Waals surface area contributed by atoms with Gasteiger partial charge >= 0.3 is 0 Å². The second-order valence-corrected chi connectivity index (χ2v) is 15.9. The number of amides is 2. The molecular formula is C42H51Cl2F4N9O4. The van der Waals surface area contributed by atoms with Crippen molar-refractivity contribution in [1.29, 1.82) is 0 Å². The number of piperidine rings is 2. The maximum Gasteiger partial charge on any atom is 0.287 e. The van der Waals surface area contributed by atoms with Crippen molar-refractivity contribution in [3.05, 3.63) is 120 Å². The first-order chi connectivity index (χ1) is 28.5. The third-order valence-corrected chi connectivity index (χ3v) is 11.3. The summed E-state index contributed by atoms with van der Waals surface area (Å²) in [5.74, 6) is 0.473. The molecule has 61 heavy (non-hydrogen) atoms. The number of alkyl halides is 2. The number of hydrogen-bond donors (Lipinski definition) is 4. The molecule has 2 aromatic heterocycles. The van der Waals surface area contributed by atoms with Gasteiger partial charge in [0.2, 0.25) is 0 Å². The van der Waals surface area contributed by atoms with Crippen molar-refractivity contribution in [1.82, 2.24) is 30.4 Å². The first-order valence-electron chi connectivity index (χ1n) is 19.6. The Kier molecular flexibility index (Phi) is 17.2. The van der Waals surface area contributed by atoms with Crippen LogP contribution in [0.25, 0.3) is 0 Å². The third-order valence-electron chi connectivity index (χ3n) is 10.7. The molecule has 0 bridgehead atoms. The second kappa shape index (κ2) is 21.6. The maximum absolute atomic E-state index is 15.2. The molecule has 0 atom stereocenters. The van der Waals surface area contributed by atoms with E-state index in [9.17, 15) is 24.1 Å². The quantitative estimate of drug-likeness (QED) is 0.0593. The Morgan fingerprint density at radius 2 is 1.13 bits per heavy atom. The number of aromatic nitrogens is 2. The number of halogens is 6. The van der Waals surface area contributed by atoms with Gasteiger partial charge in [0, 0.05) is 109 Å². The Hall–Kier alpha value is -5.10. The lowest BCUT2D eigenvalue weighted by Crippen LogP contribution is -2.48. The summed E-state index contributed by atoms with van der Waals surface area (Å²) in [6, 6.07) is 15.5. The lowest BCUT2D eigenvalue weighted by molar-refractivity contribution is -0.384. The number of carbonyl (C=O) groups excluding carboxylic acids is 2. The summed E-state index contributed by atoms with van der Waals surface area (Å²) >= 11 is 11.7. The van der Waals surface area contributed by atoms with E-state index in [-0.39, 0.29) is 89.7 Å². The van der Waals surface area contributed by atoms with Gasteiger partial charge in [0.1, 0.15) is 33.8 Å². The number of nitrogens with one attached hydrogen (secondary N) is 4. The molecule has 4 aromatic rings. The van der Waals surface area contributed by atoms with Gasteiger partial charge < -0.3 is 31.1 Å². The van der Waals surface area contributed by atoms with Crippen molar-refractivity contribution in [2.75, 3.05) is 64.0 Å². The van der Waals surface area contributed by atoms with E-state index in [1.165, 1.54) is 36.4 Å². The van der Waals surface area contributed by atoms with Crippen LogP contribution in [0.4, 0.5) is 35.2 Å². The van der Waals surface area contributed by atoms with Gasteiger partial charge in [-0.3, -0.25) is 24.4 Å². The summed E-state index contributed by atoms with van der Waals surface area (Å²) in [7, 11) is 3.63. The summed E-state index contributed by atoms with van der Waals surface area (Å²) in [5.41, 5.74) is 1.27. The average Bonchev–Trinajstić information content (AvgIpc) is 3.23. The zero-order valence-corrected chi connectivity index (χ0v) is 35.9. The Bertz CT molecular complexity index is 2170. The van der Waals surface area contributed by atoms with Gasteiger partial charge in [-0.05, 0) is 67.4 Å². The van der Waals surface area contributed by atoms with Crippen LogP contribution in [0, 0.1) is 29.8 Å². The van der Waals surface area contributed by atoms with E-state index in [0.29, 0.717) is 31.7 Å². The van der Waals surface area contributed by atoms with Crippen molar-refractivity contribution in [3.63, 3.8) is 0 Å². The Morgan fingerprint density at radius 3 is 1.51 bits per heavy atom. The number of pyridine rings is 2. The predicted molar refractivity (Wildman–Crippen MR) is 230 cm³/mol. The highest BCUT2D eigenvalue weighted by Gasteiger charge is 2.37. The lowest BCUT2D eigenvalue weighted by atomic mass is 9.92. The predicted octanol–water partition coefficient (Wildman–Crippen LogP) is 7.84. The number of rotatable bonds is 13. The van der Waals surface area contributed by atoms with Crippen molar-refractivity contribution in [2.45, 2.75) is 64.0 Å². The highest BCUT2D eigenvalue weighted by Crippen LogP contribution is 2.30. The molecule has 6 rings (SSSR count). The van der Waals surface area contributed by atoms with E-state index in [0.717, 1.165) is 34.2 Å². The van der Waals surface area contributed by atoms with Gasteiger partial charge in [-0.1, -0.05) is 35.3 Å². The molecule has 4 N–H and O–H groups in total. The molecule has 0 unspecified atom stereocenters. The molecule has 4 heterocycles. The summed E-state index contributed by atoms with van der Waals surface area (Å²) in [6.45, 7) is 6.36. The van der Waals surface area contributed by atoms with E-state index >= 15 is 8.78 Å². The molecule has 2 aromatic carbocycles. The van der Waals surface area contributed by atoms with Crippen molar-refractivity contribution >= 4 is 52.3 Å². The van der Waals surface area contributed by atoms with Gasteiger partial charge in [-0.25, -0.2) is 23.1 Å². The summed E-state index contributed by atoms with van der Waals surface area (Å²) < 4.78 is 43.6. The molecule has 0 saturated carbocycles. The minimum absolute atomic E-state index is 0. The van der Waals surface area contributed by atoms with E-state index in [2.05, 4.69) is 31.2 Å². The van der Waals surface area contributed by atoms with Gasteiger partial charge in [-0.15, -0.1) is 0 Å². The van der Waals surface area contributed by atoms with E-state index in [4.69, 9.17) is 23.2 Å². The summed E-state index contributed by atoms with van der Waals surface area (Å²) in [6.07, 6.45) is 0.888. The number of nitro benzene ring substituents is 1. The van der Waals surface area contributed by atoms with Crippen molar-refractivity contribution < 1.29 is 32.4 Å². The van der Waals surface area contributed by atoms with Gasteiger partial charge in [0.05, 0.1) is 21.3 Å². The fraction of sp³-hybridized carbons (Fsp3) is 0.429. The second-order valence-electron chi connectivity index (χ2n) is 15.1. The smallest absolute Gasteiger partial charge is 0.287 e. The van der Waals surface area contributed by atoms with Crippen molar-refractivity contribution in [2.24, 2.45) is 0 Å². The molecule has 2 aliphatic heterocycles. The van der Waals surface area contributed by atoms with E-state index < -0.39 is 22.1 Å². The van der Waals surface area contributed by atoms with Gasteiger partial charge in [0.15, 0.2) is 0 Å². The first-order valence-corrected chi connectivity index (χ1v) is 20.3. The van der Waals surface area contributed by atoms with Crippen LogP contribution in [0.2, 0.25) is 10.0 Å². The first kappa shape index (κ1) is 48.6. The lowest BCUT2D eigenvalue weighted by Gasteiger charge is -2.36. The number of hydrogen-bond acceptors (Lipinski definition) is 10. The number of nitro groups is 1. The molecular weight excluding hydrogens is 840 g/mol. The molecule has 0 radical (unpaired) electrons. The molecule has 0 spiro atoms. The van der Waals surface area contributed by atoms with Crippen LogP contribution in [0.5, 0.6) is 0 Å². The minimum atomic E-state index is -1.42. The van der Waals surface area contributed by atoms with Crippen LogP contribution < -0.4 is 21.3 Å². The standard InChI is InChI=1S/C21H25ClF2N4O.C21H25ClFN5O3.FH/c1-14-3-5-16(27-19(14)25-2)12-26-13-21(24)7-9-28(10-8-21)20(29)15-4-6-18(23)17(22)11-15;1-14-3-5-16(26-19(14)24-2)12-25-13-21(23)7-9-27(10-8-21)20(29)15-4-6-18(28(30)31)17(22)11-15;/h3-6,11,26H,7-10,12-13H2,1-2H3,(H,25,27);3-6,11,25H,7-10,12-13H2,1-2H3,(H,24,26);1H/i23-1;;. The largest absolute Gasteiger partial charge is 0.373 e. The van der Waals surface area contributed by atoms with Crippen LogP contribution in [0.1, 0.15) is 68.9 Å². The summed E-state index contributed by atoms with van der Waals surface area (Å²) in [4.78, 5) is 47.6. The molecule has 13 nitrogen and oxygen atoms in total. The molecule has 2 amide bonds. The number of nitrogens with zero attached hydrogens (tertiary/aromatic N) is 5. The third kappa shape index (κ3) is 13.0. The molecule has 0 aliphatic carbocycles. The fourth-order valence-corrected chi connectivity index (χ4v) is 7.46. The zero-order chi connectivity index (χ0) is 43.6. The number of carbonyl (C=O) groups is 2. The fourth-order valence-electron chi connectivity index (χ4n) is 7.03. The van der Waals surface area contributed by atoms with E-state index in [1.807, 2.05) is 52.2 Å². The normalized spacial score (nSPS) is 15.5.